The van der Waals surface area contributed by atoms with Crippen LogP contribution in [0.2, 0.25) is 0 Å². The van der Waals surface area contributed by atoms with E-state index in [4.69, 9.17) is 10.5 Å². The van der Waals surface area contributed by atoms with Crippen molar-refractivity contribution in [2.45, 2.75) is 45.2 Å². The number of piperidine rings is 1. The Morgan fingerprint density at radius 2 is 2.32 bits per heavy atom. The SMILES string of the molecule is CCC1CCN(CC(=O)NC(C)COC)C(CN)C1. The number of carbonyl (C=O) groups excluding carboxylic acids is 1. The van der Waals surface area contributed by atoms with Gasteiger partial charge in [-0.05, 0) is 32.2 Å². The fourth-order valence-electron chi connectivity index (χ4n) is 2.80. The summed E-state index contributed by atoms with van der Waals surface area (Å²) in [4.78, 5) is 14.2. The highest BCUT2D eigenvalue weighted by Gasteiger charge is 2.28. The van der Waals surface area contributed by atoms with Gasteiger partial charge < -0.3 is 15.8 Å². The third kappa shape index (κ3) is 5.47. The van der Waals surface area contributed by atoms with Gasteiger partial charge in [0, 0.05) is 25.7 Å². The third-order valence-electron chi connectivity index (χ3n) is 3.97. The summed E-state index contributed by atoms with van der Waals surface area (Å²) in [6, 6.07) is 0.407. The lowest BCUT2D eigenvalue weighted by Gasteiger charge is -2.38. The largest absolute Gasteiger partial charge is 0.383 e. The van der Waals surface area contributed by atoms with Gasteiger partial charge in [-0.25, -0.2) is 0 Å². The van der Waals surface area contributed by atoms with E-state index < -0.39 is 0 Å². The van der Waals surface area contributed by atoms with E-state index in [1.807, 2.05) is 6.92 Å². The van der Waals surface area contributed by atoms with Crippen LogP contribution in [0.25, 0.3) is 0 Å². The summed E-state index contributed by atoms with van der Waals surface area (Å²) in [5, 5.41) is 2.95. The van der Waals surface area contributed by atoms with Gasteiger partial charge in [0.2, 0.25) is 5.91 Å². The number of nitrogens with zero attached hydrogens (tertiary/aromatic N) is 1. The standard InChI is InChI=1S/C14H29N3O2/c1-4-12-5-6-17(13(7-12)8-15)9-14(18)16-11(2)10-19-3/h11-13H,4-10,15H2,1-3H3,(H,16,18). The van der Waals surface area contributed by atoms with Gasteiger partial charge in [0.1, 0.15) is 0 Å². The zero-order valence-electron chi connectivity index (χ0n) is 12.5. The Balaban J connectivity index is 2.40. The summed E-state index contributed by atoms with van der Waals surface area (Å²) in [6.07, 6.45) is 3.50. The lowest BCUT2D eigenvalue weighted by Crippen LogP contribution is -2.51. The zero-order chi connectivity index (χ0) is 14.3. The molecule has 19 heavy (non-hydrogen) atoms. The first-order chi connectivity index (χ1) is 9.10. The monoisotopic (exact) mass is 271 g/mol. The summed E-state index contributed by atoms with van der Waals surface area (Å²) in [6.45, 7) is 6.79. The van der Waals surface area contributed by atoms with E-state index in [1.54, 1.807) is 7.11 Å². The summed E-state index contributed by atoms with van der Waals surface area (Å²) in [5.74, 6) is 0.832. The van der Waals surface area contributed by atoms with Crippen molar-refractivity contribution in [3.63, 3.8) is 0 Å². The van der Waals surface area contributed by atoms with E-state index in [2.05, 4.69) is 17.1 Å². The number of rotatable bonds is 7. The second-order valence-corrected chi connectivity index (χ2v) is 5.58. The molecule has 112 valence electrons. The van der Waals surface area contributed by atoms with Crippen molar-refractivity contribution in [1.29, 1.82) is 0 Å². The second kappa shape index (κ2) is 8.51. The third-order valence-corrected chi connectivity index (χ3v) is 3.97. The molecular formula is C14H29N3O2. The zero-order valence-corrected chi connectivity index (χ0v) is 12.5. The summed E-state index contributed by atoms with van der Waals surface area (Å²) in [7, 11) is 1.64. The van der Waals surface area contributed by atoms with Crippen molar-refractivity contribution in [1.82, 2.24) is 10.2 Å². The van der Waals surface area contributed by atoms with Gasteiger partial charge >= 0.3 is 0 Å². The number of methoxy groups -OCH3 is 1. The Morgan fingerprint density at radius 3 is 2.89 bits per heavy atom. The Labute approximate surface area is 116 Å². The smallest absolute Gasteiger partial charge is 0.234 e. The fourth-order valence-corrected chi connectivity index (χ4v) is 2.80. The number of hydrogen-bond donors (Lipinski definition) is 2. The number of ether oxygens (including phenoxy) is 1. The topological polar surface area (TPSA) is 67.6 Å². The molecule has 3 unspecified atom stereocenters. The molecule has 5 nitrogen and oxygen atoms in total. The molecule has 3 N–H and O–H groups in total. The van der Waals surface area contributed by atoms with E-state index in [1.165, 1.54) is 12.8 Å². The van der Waals surface area contributed by atoms with Crippen LogP contribution >= 0.6 is 0 Å². The molecule has 1 fully saturated rings. The number of nitrogens with two attached hydrogens (primary N) is 1. The molecule has 1 heterocycles. The number of amides is 1. The molecule has 1 amide bonds. The number of nitrogens with one attached hydrogen (secondary N) is 1. The molecule has 1 saturated heterocycles. The molecule has 1 aliphatic heterocycles. The maximum Gasteiger partial charge on any atom is 0.234 e. The van der Waals surface area contributed by atoms with Gasteiger partial charge in [0.05, 0.1) is 13.2 Å². The average Bonchev–Trinajstić information content (AvgIpc) is 2.39. The Kier molecular flexibility index (Phi) is 7.34. The molecule has 0 saturated carbocycles. The summed E-state index contributed by atoms with van der Waals surface area (Å²) < 4.78 is 5.02. The van der Waals surface area contributed by atoms with Crippen LogP contribution in [0.1, 0.15) is 33.1 Å². The number of likely N-dealkylation sites (tertiary alicyclic amines) is 1. The van der Waals surface area contributed by atoms with Gasteiger partial charge in [-0.1, -0.05) is 13.3 Å². The van der Waals surface area contributed by atoms with Gasteiger partial charge in [0.25, 0.3) is 0 Å². The lowest BCUT2D eigenvalue weighted by molar-refractivity contribution is -0.124. The molecular weight excluding hydrogens is 242 g/mol. The first-order valence-corrected chi connectivity index (χ1v) is 7.33. The van der Waals surface area contributed by atoms with Crippen molar-refractivity contribution < 1.29 is 9.53 Å². The molecule has 0 bridgehead atoms. The molecule has 1 aliphatic rings. The van der Waals surface area contributed by atoms with Crippen LogP contribution in [0.4, 0.5) is 0 Å². The van der Waals surface area contributed by atoms with Crippen molar-refractivity contribution in [2.24, 2.45) is 11.7 Å². The van der Waals surface area contributed by atoms with Crippen LogP contribution in [0.5, 0.6) is 0 Å². The van der Waals surface area contributed by atoms with Gasteiger partial charge in [-0.15, -0.1) is 0 Å². The van der Waals surface area contributed by atoms with E-state index in [0.717, 1.165) is 18.9 Å². The first kappa shape index (κ1) is 16.4. The Hall–Kier alpha value is -0.650. The molecule has 0 radical (unpaired) electrons. The van der Waals surface area contributed by atoms with Crippen LogP contribution in [-0.4, -0.2) is 56.2 Å². The molecule has 0 aromatic rings. The van der Waals surface area contributed by atoms with Crippen molar-refractivity contribution >= 4 is 5.91 Å². The van der Waals surface area contributed by atoms with E-state index in [0.29, 0.717) is 25.7 Å². The maximum absolute atomic E-state index is 12.0. The lowest BCUT2D eigenvalue weighted by atomic mass is 9.89. The highest BCUT2D eigenvalue weighted by Crippen LogP contribution is 2.24. The van der Waals surface area contributed by atoms with Crippen molar-refractivity contribution in [3.8, 4) is 0 Å². The number of carbonyl (C=O) groups is 1. The quantitative estimate of drug-likeness (QED) is 0.711. The minimum Gasteiger partial charge on any atom is -0.383 e. The molecule has 0 aromatic heterocycles. The second-order valence-electron chi connectivity index (χ2n) is 5.58. The predicted octanol–water partition coefficient (Wildman–Crippen LogP) is 0.587. The molecule has 0 aliphatic carbocycles. The fraction of sp³-hybridized carbons (Fsp3) is 0.929. The predicted molar refractivity (Wildman–Crippen MR) is 76.9 cm³/mol. The first-order valence-electron chi connectivity index (χ1n) is 7.33. The van der Waals surface area contributed by atoms with Crippen LogP contribution in [-0.2, 0) is 9.53 Å². The summed E-state index contributed by atoms with van der Waals surface area (Å²) in [5.41, 5.74) is 5.84. The van der Waals surface area contributed by atoms with Crippen LogP contribution < -0.4 is 11.1 Å². The van der Waals surface area contributed by atoms with Crippen LogP contribution in [0.3, 0.4) is 0 Å². The minimum atomic E-state index is 0.0574. The highest BCUT2D eigenvalue weighted by atomic mass is 16.5. The van der Waals surface area contributed by atoms with Gasteiger partial charge in [0.15, 0.2) is 0 Å². The summed E-state index contributed by atoms with van der Waals surface area (Å²) >= 11 is 0. The van der Waals surface area contributed by atoms with Crippen molar-refractivity contribution in [3.05, 3.63) is 0 Å². The van der Waals surface area contributed by atoms with E-state index in [-0.39, 0.29) is 11.9 Å². The average molecular weight is 271 g/mol. The molecule has 5 heteroatoms. The van der Waals surface area contributed by atoms with Crippen molar-refractivity contribution in [2.75, 3.05) is 33.4 Å². The van der Waals surface area contributed by atoms with Crippen LogP contribution in [0.15, 0.2) is 0 Å². The molecule has 0 aromatic carbocycles. The van der Waals surface area contributed by atoms with Gasteiger partial charge in [-0.3, -0.25) is 9.69 Å². The number of hydrogen-bond acceptors (Lipinski definition) is 4. The van der Waals surface area contributed by atoms with Gasteiger partial charge in [-0.2, -0.15) is 0 Å². The van der Waals surface area contributed by atoms with E-state index in [9.17, 15) is 4.79 Å². The van der Waals surface area contributed by atoms with E-state index >= 15 is 0 Å². The normalized spacial score (nSPS) is 26.1. The molecule has 1 rings (SSSR count). The van der Waals surface area contributed by atoms with Crippen LogP contribution in [0, 0.1) is 5.92 Å². The maximum atomic E-state index is 12.0. The molecule has 0 spiro atoms. The minimum absolute atomic E-state index is 0.0574. The Morgan fingerprint density at radius 1 is 1.58 bits per heavy atom. The highest BCUT2D eigenvalue weighted by molar-refractivity contribution is 5.78. The molecule has 3 atom stereocenters. The Bertz CT molecular complexity index is 273.